The van der Waals surface area contributed by atoms with Crippen molar-refractivity contribution in [1.82, 2.24) is 19.8 Å². The minimum absolute atomic E-state index is 0. The first-order chi connectivity index (χ1) is 15.1. The second-order valence-corrected chi connectivity index (χ2v) is 7.77. The quantitative estimate of drug-likeness (QED) is 0.299. The van der Waals surface area contributed by atoms with Crippen molar-refractivity contribution in [3.05, 3.63) is 83.7 Å². The number of anilines is 1. The zero-order valence-electron chi connectivity index (χ0n) is 18.5. The molecule has 4 rings (SSSR count). The molecule has 0 spiro atoms. The van der Waals surface area contributed by atoms with Gasteiger partial charge >= 0.3 is 0 Å². The van der Waals surface area contributed by atoms with Gasteiger partial charge in [0.1, 0.15) is 11.6 Å². The minimum atomic E-state index is -0.198. The van der Waals surface area contributed by atoms with Gasteiger partial charge in [-0.2, -0.15) is 0 Å². The first-order valence-electron chi connectivity index (χ1n) is 10.6. The van der Waals surface area contributed by atoms with E-state index in [1.165, 1.54) is 23.3 Å². The molecule has 3 aromatic rings. The van der Waals surface area contributed by atoms with Crippen molar-refractivity contribution in [2.45, 2.75) is 20.0 Å². The maximum absolute atomic E-state index is 13.2. The van der Waals surface area contributed by atoms with Gasteiger partial charge in [-0.1, -0.05) is 24.3 Å². The van der Waals surface area contributed by atoms with Crippen LogP contribution in [0, 0.1) is 12.7 Å². The largest absolute Gasteiger partial charge is 0.368 e. The summed E-state index contributed by atoms with van der Waals surface area (Å²) < 4.78 is 15.3. The second-order valence-electron chi connectivity index (χ2n) is 7.77. The normalized spacial score (nSPS) is 14.3. The first kappa shape index (κ1) is 24.0. The van der Waals surface area contributed by atoms with E-state index >= 15 is 0 Å². The number of nitrogens with zero attached hydrogens (tertiary/aromatic N) is 5. The molecule has 6 nitrogen and oxygen atoms in total. The molecule has 1 N–H and O–H groups in total. The van der Waals surface area contributed by atoms with Crippen LogP contribution in [0.2, 0.25) is 0 Å². The van der Waals surface area contributed by atoms with Gasteiger partial charge in [0.2, 0.25) is 0 Å². The van der Waals surface area contributed by atoms with Crippen LogP contribution in [0.4, 0.5) is 10.1 Å². The Labute approximate surface area is 206 Å². The molecule has 0 atom stereocenters. The highest BCUT2D eigenvalue weighted by atomic mass is 127. The van der Waals surface area contributed by atoms with Crippen LogP contribution in [0.25, 0.3) is 0 Å². The van der Waals surface area contributed by atoms with E-state index < -0.39 is 0 Å². The van der Waals surface area contributed by atoms with Crippen molar-refractivity contribution in [1.29, 1.82) is 0 Å². The van der Waals surface area contributed by atoms with Gasteiger partial charge < -0.3 is 19.7 Å². The lowest BCUT2D eigenvalue weighted by Gasteiger charge is -2.37. The predicted octanol–water partition coefficient (Wildman–Crippen LogP) is 3.89. The highest BCUT2D eigenvalue weighted by molar-refractivity contribution is 14.0. The summed E-state index contributed by atoms with van der Waals surface area (Å²) in [5.41, 5.74) is 3.54. The average Bonchev–Trinajstić information content (AvgIpc) is 3.20. The Morgan fingerprint density at radius 1 is 1.06 bits per heavy atom. The molecule has 0 unspecified atom stereocenters. The topological polar surface area (TPSA) is 48.7 Å². The molecular formula is C24H30FIN6. The van der Waals surface area contributed by atoms with E-state index in [0.717, 1.165) is 56.7 Å². The number of aryl methyl sites for hydroxylation is 1. The van der Waals surface area contributed by atoms with E-state index in [1.54, 1.807) is 0 Å². The predicted molar refractivity (Wildman–Crippen MR) is 138 cm³/mol. The van der Waals surface area contributed by atoms with E-state index in [2.05, 4.69) is 53.9 Å². The van der Waals surface area contributed by atoms with E-state index in [4.69, 9.17) is 0 Å². The van der Waals surface area contributed by atoms with Crippen LogP contribution >= 0.6 is 24.0 Å². The molecule has 32 heavy (non-hydrogen) atoms. The summed E-state index contributed by atoms with van der Waals surface area (Å²) in [5.74, 6) is 1.73. The number of hydrogen-bond donors (Lipinski definition) is 1. The number of aliphatic imine (C=N–C) groups is 1. The SMILES string of the molecule is CN=C(NCc1cccc(Cn2ccnc2C)c1)N1CCN(c2ccc(F)cc2)CC1.I. The van der Waals surface area contributed by atoms with E-state index in [9.17, 15) is 4.39 Å². The molecule has 0 radical (unpaired) electrons. The number of hydrogen-bond acceptors (Lipinski definition) is 3. The maximum atomic E-state index is 13.2. The van der Waals surface area contributed by atoms with Gasteiger partial charge in [0.05, 0.1) is 0 Å². The Kier molecular flexibility index (Phi) is 8.49. The van der Waals surface area contributed by atoms with Crippen LogP contribution in [0.1, 0.15) is 17.0 Å². The molecule has 0 bridgehead atoms. The number of halogens is 2. The van der Waals surface area contributed by atoms with Crippen molar-refractivity contribution < 1.29 is 4.39 Å². The number of imidazole rings is 1. The first-order valence-corrected chi connectivity index (χ1v) is 10.6. The third kappa shape index (κ3) is 5.99. The lowest BCUT2D eigenvalue weighted by atomic mass is 10.1. The van der Waals surface area contributed by atoms with Gasteiger partial charge in [0.15, 0.2) is 5.96 Å². The van der Waals surface area contributed by atoms with Crippen LogP contribution in [-0.2, 0) is 13.1 Å². The number of aromatic nitrogens is 2. The van der Waals surface area contributed by atoms with Crippen LogP contribution in [-0.4, -0.2) is 53.6 Å². The van der Waals surface area contributed by atoms with E-state index in [1.807, 2.05) is 38.5 Å². The third-order valence-corrected chi connectivity index (χ3v) is 5.70. The monoisotopic (exact) mass is 548 g/mol. The zero-order valence-corrected chi connectivity index (χ0v) is 20.9. The summed E-state index contributed by atoms with van der Waals surface area (Å²) in [4.78, 5) is 13.3. The summed E-state index contributed by atoms with van der Waals surface area (Å²) in [6.07, 6.45) is 3.84. The molecule has 1 fully saturated rings. The molecule has 1 aromatic heterocycles. The molecule has 1 aliphatic heterocycles. The highest BCUT2D eigenvalue weighted by Gasteiger charge is 2.19. The van der Waals surface area contributed by atoms with Gasteiger partial charge in [-0.3, -0.25) is 4.99 Å². The number of benzene rings is 2. The van der Waals surface area contributed by atoms with Crippen molar-refractivity contribution >= 4 is 35.6 Å². The Hall–Kier alpha value is -2.62. The lowest BCUT2D eigenvalue weighted by Crippen LogP contribution is -2.52. The maximum Gasteiger partial charge on any atom is 0.194 e. The van der Waals surface area contributed by atoms with Crippen LogP contribution in [0.3, 0.4) is 0 Å². The van der Waals surface area contributed by atoms with Gasteiger partial charge in [-0.15, -0.1) is 24.0 Å². The zero-order chi connectivity index (χ0) is 21.6. The number of rotatable bonds is 5. The smallest absolute Gasteiger partial charge is 0.194 e. The molecule has 1 aliphatic rings. The fraction of sp³-hybridized carbons (Fsp3) is 0.333. The molecule has 1 saturated heterocycles. The summed E-state index contributed by atoms with van der Waals surface area (Å²) in [6, 6.07) is 15.3. The average molecular weight is 548 g/mol. The fourth-order valence-electron chi connectivity index (χ4n) is 3.95. The number of guanidine groups is 1. The van der Waals surface area contributed by atoms with Crippen LogP contribution in [0.15, 0.2) is 65.9 Å². The standard InChI is InChI=1S/C24H29FN6.HI/c1-19-27-10-11-31(19)18-21-5-3-4-20(16-21)17-28-24(26-2)30-14-12-29(13-15-30)23-8-6-22(25)7-9-23;/h3-11,16H,12-15,17-18H2,1-2H3,(H,26,28);1H. The number of nitrogens with one attached hydrogen (secondary N) is 1. The van der Waals surface area contributed by atoms with Gasteiger partial charge in [0, 0.05) is 64.4 Å². The third-order valence-electron chi connectivity index (χ3n) is 5.70. The Balaban J connectivity index is 0.00000289. The summed E-state index contributed by atoms with van der Waals surface area (Å²) in [6.45, 7) is 7.07. The summed E-state index contributed by atoms with van der Waals surface area (Å²) in [5, 5.41) is 3.50. The minimum Gasteiger partial charge on any atom is -0.368 e. The summed E-state index contributed by atoms with van der Waals surface area (Å²) >= 11 is 0. The molecule has 8 heteroatoms. The molecule has 2 aromatic carbocycles. The van der Waals surface area contributed by atoms with E-state index in [-0.39, 0.29) is 29.8 Å². The Morgan fingerprint density at radius 2 is 1.78 bits per heavy atom. The molecule has 0 saturated carbocycles. The van der Waals surface area contributed by atoms with Gasteiger partial charge in [0.25, 0.3) is 0 Å². The Bertz CT molecular complexity index is 1020. The van der Waals surface area contributed by atoms with Crippen molar-refractivity contribution in [2.75, 3.05) is 38.1 Å². The molecular weight excluding hydrogens is 518 g/mol. The van der Waals surface area contributed by atoms with Gasteiger partial charge in [-0.25, -0.2) is 9.37 Å². The van der Waals surface area contributed by atoms with Gasteiger partial charge in [-0.05, 0) is 42.3 Å². The van der Waals surface area contributed by atoms with Crippen molar-refractivity contribution in [3.8, 4) is 0 Å². The van der Waals surface area contributed by atoms with Crippen molar-refractivity contribution in [2.24, 2.45) is 4.99 Å². The molecule has 0 amide bonds. The number of piperazine rings is 1. The fourth-order valence-corrected chi connectivity index (χ4v) is 3.95. The van der Waals surface area contributed by atoms with Crippen LogP contribution in [0.5, 0.6) is 0 Å². The molecule has 2 heterocycles. The highest BCUT2D eigenvalue weighted by Crippen LogP contribution is 2.17. The molecule has 0 aliphatic carbocycles. The lowest BCUT2D eigenvalue weighted by molar-refractivity contribution is 0.372. The van der Waals surface area contributed by atoms with Crippen molar-refractivity contribution in [3.63, 3.8) is 0 Å². The summed E-state index contributed by atoms with van der Waals surface area (Å²) in [7, 11) is 1.83. The second kappa shape index (κ2) is 11.3. The molecule has 170 valence electrons. The Morgan fingerprint density at radius 3 is 2.44 bits per heavy atom. The van der Waals surface area contributed by atoms with Crippen LogP contribution < -0.4 is 10.2 Å². The van der Waals surface area contributed by atoms with E-state index in [0.29, 0.717) is 0 Å².